The van der Waals surface area contributed by atoms with Crippen LogP contribution in [0.4, 0.5) is 0 Å². The first-order valence-electron chi connectivity index (χ1n) is 7.13. The molecule has 6 heteroatoms. The molecule has 1 amide bonds. The Balaban J connectivity index is 2.45. The van der Waals surface area contributed by atoms with Crippen LogP contribution in [0.5, 0.6) is 5.75 Å². The largest absolute Gasteiger partial charge is 0.490 e. The van der Waals surface area contributed by atoms with E-state index in [-0.39, 0.29) is 5.91 Å². The number of likely N-dealkylation sites (N-methyl/N-ethyl adjacent to an activating group) is 1. The maximum atomic E-state index is 12.0. The maximum Gasteiger partial charge on any atom is 0.236 e. The molecule has 1 aromatic rings. The van der Waals surface area contributed by atoms with Crippen LogP contribution in [0.15, 0.2) is 12.5 Å². The Morgan fingerprint density at radius 1 is 1.40 bits per heavy atom. The Labute approximate surface area is 120 Å². The van der Waals surface area contributed by atoms with Gasteiger partial charge >= 0.3 is 0 Å². The summed E-state index contributed by atoms with van der Waals surface area (Å²) < 4.78 is 5.44. The summed E-state index contributed by atoms with van der Waals surface area (Å²) in [6, 6.07) is 0. The van der Waals surface area contributed by atoms with E-state index < -0.39 is 0 Å². The molecular weight excluding hydrogens is 256 g/mol. The van der Waals surface area contributed by atoms with Crippen molar-refractivity contribution in [3.8, 4) is 5.75 Å². The molecule has 0 aliphatic rings. The van der Waals surface area contributed by atoms with Crippen LogP contribution < -0.4 is 10.1 Å². The number of hydrogen-bond acceptors (Lipinski definition) is 5. The molecule has 20 heavy (non-hydrogen) atoms. The van der Waals surface area contributed by atoms with Gasteiger partial charge in [-0.2, -0.15) is 0 Å². The standard InChI is InChI=1S/C14H24N4O2/c1-4-7-18(5-2)14(19)10-15-8-12-13(20-6-3)9-16-11-17-12/h9,11,15H,4-8,10H2,1-3H3. The number of nitrogens with one attached hydrogen (secondary N) is 1. The van der Waals surface area contributed by atoms with Crippen molar-refractivity contribution in [3.63, 3.8) is 0 Å². The number of carbonyl (C=O) groups excluding carboxylic acids is 1. The van der Waals surface area contributed by atoms with Gasteiger partial charge in [0.2, 0.25) is 5.91 Å². The molecule has 0 saturated heterocycles. The molecule has 0 saturated carbocycles. The smallest absolute Gasteiger partial charge is 0.236 e. The Kier molecular flexibility index (Phi) is 7.57. The summed E-state index contributed by atoms with van der Waals surface area (Å²) in [5.74, 6) is 0.775. The fraction of sp³-hybridized carbons (Fsp3) is 0.643. The number of amides is 1. The molecule has 0 atom stereocenters. The van der Waals surface area contributed by atoms with Gasteiger partial charge in [-0.15, -0.1) is 0 Å². The first-order valence-corrected chi connectivity index (χ1v) is 7.13. The van der Waals surface area contributed by atoms with E-state index in [0.29, 0.717) is 25.4 Å². The molecule has 0 radical (unpaired) electrons. The van der Waals surface area contributed by atoms with E-state index in [1.807, 2.05) is 18.7 Å². The van der Waals surface area contributed by atoms with Crippen molar-refractivity contribution in [1.29, 1.82) is 0 Å². The lowest BCUT2D eigenvalue weighted by atomic mass is 10.3. The molecule has 1 aromatic heterocycles. The monoisotopic (exact) mass is 280 g/mol. The Morgan fingerprint density at radius 3 is 2.85 bits per heavy atom. The minimum atomic E-state index is 0.112. The van der Waals surface area contributed by atoms with Crippen molar-refractivity contribution in [3.05, 3.63) is 18.2 Å². The lowest BCUT2D eigenvalue weighted by Gasteiger charge is -2.20. The van der Waals surface area contributed by atoms with Gasteiger partial charge in [-0.25, -0.2) is 9.97 Å². The molecule has 1 heterocycles. The second-order valence-electron chi connectivity index (χ2n) is 4.34. The molecule has 1 N–H and O–H groups in total. The van der Waals surface area contributed by atoms with E-state index in [1.54, 1.807) is 6.20 Å². The lowest BCUT2D eigenvalue weighted by Crippen LogP contribution is -2.38. The topological polar surface area (TPSA) is 67.4 Å². The molecule has 0 unspecified atom stereocenters. The van der Waals surface area contributed by atoms with Crippen molar-refractivity contribution in [2.75, 3.05) is 26.2 Å². The number of hydrogen-bond donors (Lipinski definition) is 1. The van der Waals surface area contributed by atoms with Gasteiger partial charge in [-0.05, 0) is 20.3 Å². The zero-order valence-corrected chi connectivity index (χ0v) is 12.6. The van der Waals surface area contributed by atoms with Crippen molar-refractivity contribution in [1.82, 2.24) is 20.2 Å². The molecule has 0 fully saturated rings. The molecule has 1 rings (SSSR count). The van der Waals surface area contributed by atoms with Gasteiger partial charge in [0.15, 0.2) is 5.75 Å². The van der Waals surface area contributed by atoms with E-state index in [0.717, 1.165) is 25.2 Å². The number of aromatic nitrogens is 2. The second-order valence-corrected chi connectivity index (χ2v) is 4.34. The Bertz CT molecular complexity index is 412. The van der Waals surface area contributed by atoms with Crippen LogP contribution in [0.1, 0.15) is 32.9 Å². The van der Waals surface area contributed by atoms with E-state index in [1.165, 1.54) is 6.33 Å². The average Bonchev–Trinajstić information content (AvgIpc) is 2.46. The third-order valence-corrected chi connectivity index (χ3v) is 2.85. The summed E-state index contributed by atoms with van der Waals surface area (Å²) in [5.41, 5.74) is 0.771. The van der Waals surface area contributed by atoms with Gasteiger partial charge in [-0.1, -0.05) is 6.92 Å². The van der Waals surface area contributed by atoms with Gasteiger partial charge in [0.05, 0.1) is 25.0 Å². The predicted molar refractivity (Wildman–Crippen MR) is 77.5 cm³/mol. The molecule has 0 aromatic carbocycles. The van der Waals surface area contributed by atoms with E-state index in [2.05, 4.69) is 22.2 Å². The molecule has 0 aliphatic carbocycles. The number of ether oxygens (including phenoxy) is 1. The Morgan fingerprint density at radius 2 is 2.20 bits per heavy atom. The summed E-state index contributed by atoms with van der Waals surface area (Å²) >= 11 is 0. The lowest BCUT2D eigenvalue weighted by molar-refractivity contribution is -0.130. The van der Waals surface area contributed by atoms with Crippen LogP contribution in [0.25, 0.3) is 0 Å². The molecular formula is C14H24N4O2. The minimum Gasteiger partial charge on any atom is -0.490 e. The van der Waals surface area contributed by atoms with Crippen LogP contribution in [-0.2, 0) is 11.3 Å². The number of carbonyl (C=O) groups is 1. The third kappa shape index (κ3) is 5.13. The molecule has 0 spiro atoms. The van der Waals surface area contributed by atoms with E-state index in [4.69, 9.17) is 4.74 Å². The highest BCUT2D eigenvalue weighted by Gasteiger charge is 2.11. The number of nitrogens with zero attached hydrogens (tertiary/aromatic N) is 3. The first-order chi connectivity index (χ1) is 9.72. The highest BCUT2D eigenvalue weighted by molar-refractivity contribution is 5.78. The van der Waals surface area contributed by atoms with Crippen molar-refractivity contribution < 1.29 is 9.53 Å². The van der Waals surface area contributed by atoms with E-state index in [9.17, 15) is 4.79 Å². The van der Waals surface area contributed by atoms with Crippen molar-refractivity contribution >= 4 is 5.91 Å². The second kappa shape index (κ2) is 9.25. The minimum absolute atomic E-state index is 0.112. The molecule has 0 bridgehead atoms. The van der Waals surface area contributed by atoms with Gasteiger partial charge in [0.1, 0.15) is 6.33 Å². The maximum absolute atomic E-state index is 12.0. The summed E-state index contributed by atoms with van der Waals surface area (Å²) in [6.45, 7) is 8.89. The Hall–Kier alpha value is -1.69. The normalized spacial score (nSPS) is 10.3. The summed E-state index contributed by atoms with van der Waals surface area (Å²) in [5, 5.41) is 3.11. The fourth-order valence-electron chi connectivity index (χ4n) is 1.88. The van der Waals surface area contributed by atoms with Crippen molar-refractivity contribution in [2.24, 2.45) is 0 Å². The van der Waals surface area contributed by atoms with Crippen LogP contribution in [0.2, 0.25) is 0 Å². The first kappa shape index (κ1) is 16.4. The van der Waals surface area contributed by atoms with Gasteiger partial charge in [-0.3, -0.25) is 4.79 Å². The highest BCUT2D eigenvalue weighted by Crippen LogP contribution is 2.12. The highest BCUT2D eigenvalue weighted by atomic mass is 16.5. The molecule has 112 valence electrons. The average molecular weight is 280 g/mol. The predicted octanol–water partition coefficient (Wildman–Crippen LogP) is 1.22. The third-order valence-electron chi connectivity index (χ3n) is 2.85. The van der Waals surface area contributed by atoms with Crippen molar-refractivity contribution in [2.45, 2.75) is 33.7 Å². The molecule has 0 aliphatic heterocycles. The fourth-order valence-corrected chi connectivity index (χ4v) is 1.88. The van der Waals surface area contributed by atoms with Crippen LogP contribution in [0.3, 0.4) is 0 Å². The summed E-state index contributed by atoms with van der Waals surface area (Å²) in [6.07, 6.45) is 4.10. The zero-order chi connectivity index (χ0) is 14.8. The van der Waals surface area contributed by atoms with E-state index >= 15 is 0 Å². The van der Waals surface area contributed by atoms with Crippen LogP contribution in [-0.4, -0.2) is 47.0 Å². The molecule has 6 nitrogen and oxygen atoms in total. The van der Waals surface area contributed by atoms with Gasteiger partial charge < -0.3 is 15.0 Å². The number of rotatable bonds is 9. The van der Waals surface area contributed by atoms with Crippen LogP contribution >= 0.6 is 0 Å². The summed E-state index contributed by atoms with van der Waals surface area (Å²) in [4.78, 5) is 21.9. The zero-order valence-electron chi connectivity index (χ0n) is 12.6. The van der Waals surface area contributed by atoms with Crippen LogP contribution in [0, 0.1) is 0 Å². The van der Waals surface area contributed by atoms with Gasteiger partial charge in [0, 0.05) is 19.6 Å². The van der Waals surface area contributed by atoms with Gasteiger partial charge in [0.25, 0.3) is 0 Å². The SMILES string of the molecule is CCCN(CC)C(=O)CNCc1ncncc1OCC. The summed E-state index contributed by atoms with van der Waals surface area (Å²) in [7, 11) is 0. The quantitative estimate of drug-likeness (QED) is 0.737.